The van der Waals surface area contributed by atoms with E-state index in [9.17, 15) is 18.0 Å². The van der Waals surface area contributed by atoms with E-state index in [1.54, 1.807) is 67.6 Å². The van der Waals surface area contributed by atoms with Crippen LogP contribution in [0.1, 0.15) is 18.4 Å². The number of hydrogen-bond donors (Lipinski definition) is 2. The molecule has 0 spiro atoms. The van der Waals surface area contributed by atoms with Crippen molar-refractivity contribution in [1.29, 1.82) is 0 Å². The summed E-state index contributed by atoms with van der Waals surface area (Å²) in [5.74, 6) is -0.340. The standard InChI is InChI=1S/C26H25Cl2N3O4S/c1-16-14-17(20-6-3-4-8-23(20)36(2,34)35)15-21(28)24(16)30-25(32)22-7-5-13-31(22)26(33)29-19-11-9-18(27)10-12-19/h3-4,6,8-12,14-15,22H,5,7,13H2,1-2H3,(H,29,33)(H,30,32). The van der Waals surface area contributed by atoms with Crippen molar-refractivity contribution < 1.29 is 18.0 Å². The van der Waals surface area contributed by atoms with Crippen LogP contribution >= 0.6 is 23.2 Å². The number of amides is 3. The van der Waals surface area contributed by atoms with Gasteiger partial charge in [-0.15, -0.1) is 0 Å². The molecule has 4 rings (SSSR count). The zero-order chi connectivity index (χ0) is 26.0. The van der Waals surface area contributed by atoms with E-state index in [2.05, 4.69) is 10.6 Å². The maximum Gasteiger partial charge on any atom is 0.322 e. The fraction of sp³-hybridized carbons (Fsp3) is 0.231. The van der Waals surface area contributed by atoms with Crippen molar-refractivity contribution in [2.24, 2.45) is 0 Å². The van der Waals surface area contributed by atoms with Crippen LogP contribution in [0.15, 0.2) is 65.6 Å². The lowest BCUT2D eigenvalue weighted by atomic mass is 10.0. The SMILES string of the molecule is Cc1cc(-c2ccccc2S(C)(=O)=O)cc(Cl)c1NC(=O)C1CCCN1C(=O)Nc1ccc(Cl)cc1. The van der Waals surface area contributed by atoms with Crippen molar-refractivity contribution in [2.75, 3.05) is 23.4 Å². The summed E-state index contributed by atoms with van der Waals surface area (Å²) in [5.41, 5.74) is 2.83. The number of sulfone groups is 1. The molecule has 3 aromatic carbocycles. The molecule has 0 aromatic heterocycles. The second kappa shape index (κ2) is 10.5. The molecule has 0 aliphatic carbocycles. The Balaban J connectivity index is 1.54. The van der Waals surface area contributed by atoms with Crippen molar-refractivity contribution in [2.45, 2.75) is 30.7 Å². The fourth-order valence-corrected chi connectivity index (χ4v) is 5.65. The fourth-order valence-electron chi connectivity index (χ4n) is 4.30. The van der Waals surface area contributed by atoms with E-state index in [0.29, 0.717) is 52.5 Å². The van der Waals surface area contributed by atoms with E-state index in [-0.39, 0.29) is 21.9 Å². The smallest absolute Gasteiger partial charge is 0.322 e. The maximum absolute atomic E-state index is 13.2. The molecule has 1 atom stereocenters. The Morgan fingerprint density at radius 3 is 2.36 bits per heavy atom. The van der Waals surface area contributed by atoms with Crippen LogP contribution in [0.2, 0.25) is 10.0 Å². The number of likely N-dealkylation sites (tertiary alicyclic amines) is 1. The van der Waals surface area contributed by atoms with Crippen LogP contribution in [0.5, 0.6) is 0 Å². The number of rotatable bonds is 5. The van der Waals surface area contributed by atoms with E-state index in [1.807, 2.05) is 0 Å². The van der Waals surface area contributed by atoms with Gasteiger partial charge in [-0.2, -0.15) is 0 Å². The number of aryl methyl sites for hydroxylation is 1. The van der Waals surface area contributed by atoms with E-state index in [0.717, 1.165) is 6.26 Å². The van der Waals surface area contributed by atoms with E-state index < -0.39 is 15.9 Å². The second-order valence-corrected chi connectivity index (χ2v) is 11.5. The van der Waals surface area contributed by atoms with Crippen LogP contribution in [0, 0.1) is 6.92 Å². The zero-order valence-electron chi connectivity index (χ0n) is 19.7. The minimum atomic E-state index is -3.45. The van der Waals surface area contributed by atoms with Crippen molar-refractivity contribution in [3.05, 3.63) is 76.3 Å². The molecule has 10 heteroatoms. The van der Waals surface area contributed by atoms with Crippen molar-refractivity contribution in [3.63, 3.8) is 0 Å². The highest BCUT2D eigenvalue weighted by Crippen LogP contribution is 2.35. The Hall–Kier alpha value is -3.07. The number of nitrogens with zero attached hydrogens (tertiary/aromatic N) is 1. The Morgan fingerprint density at radius 2 is 1.69 bits per heavy atom. The number of urea groups is 1. The topological polar surface area (TPSA) is 95.6 Å². The lowest BCUT2D eigenvalue weighted by Crippen LogP contribution is -2.45. The molecule has 1 unspecified atom stereocenters. The Kier molecular flexibility index (Phi) is 7.59. The lowest BCUT2D eigenvalue weighted by Gasteiger charge is -2.25. The van der Waals surface area contributed by atoms with E-state index in [4.69, 9.17) is 23.2 Å². The average molecular weight is 546 g/mol. The monoisotopic (exact) mass is 545 g/mol. The first-order valence-corrected chi connectivity index (χ1v) is 13.9. The molecule has 188 valence electrons. The zero-order valence-corrected chi connectivity index (χ0v) is 22.0. The van der Waals surface area contributed by atoms with Gasteiger partial charge in [0.2, 0.25) is 5.91 Å². The highest BCUT2D eigenvalue weighted by Gasteiger charge is 2.34. The van der Waals surface area contributed by atoms with Gasteiger partial charge in [0.25, 0.3) is 0 Å². The third-order valence-corrected chi connectivity index (χ3v) is 7.75. The van der Waals surface area contributed by atoms with Crippen LogP contribution in [0.25, 0.3) is 11.1 Å². The Morgan fingerprint density at radius 1 is 1.00 bits per heavy atom. The minimum absolute atomic E-state index is 0.200. The molecule has 1 aliphatic rings. The molecule has 3 amide bonds. The first-order valence-electron chi connectivity index (χ1n) is 11.3. The summed E-state index contributed by atoms with van der Waals surface area (Å²) < 4.78 is 24.5. The molecule has 0 saturated carbocycles. The molecule has 1 heterocycles. The minimum Gasteiger partial charge on any atom is -0.323 e. The maximum atomic E-state index is 13.2. The summed E-state index contributed by atoms with van der Waals surface area (Å²) >= 11 is 12.5. The molecule has 7 nitrogen and oxygen atoms in total. The third-order valence-electron chi connectivity index (χ3n) is 6.04. The highest BCUT2D eigenvalue weighted by molar-refractivity contribution is 7.90. The van der Waals surface area contributed by atoms with Gasteiger partial charge in [0.15, 0.2) is 9.84 Å². The molecule has 0 bridgehead atoms. The molecule has 0 radical (unpaired) electrons. The highest BCUT2D eigenvalue weighted by atomic mass is 35.5. The van der Waals surface area contributed by atoms with Gasteiger partial charge in [-0.1, -0.05) is 41.4 Å². The van der Waals surface area contributed by atoms with E-state index >= 15 is 0 Å². The molecular weight excluding hydrogens is 521 g/mol. The summed E-state index contributed by atoms with van der Waals surface area (Å²) in [6.45, 7) is 2.24. The van der Waals surface area contributed by atoms with Gasteiger partial charge >= 0.3 is 6.03 Å². The molecule has 1 aliphatic heterocycles. The predicted molar refractivity (Wildman–Crippen MR) is 144 cm³/mol. The number of carbonyl (C=O) groups is 2. The van der Waals surface area contributed by atoms with Gasteiger partial charge in [0.05, 0.1) is 15.6 Å². The van der Waals surface area contributed by atoms with Crippen LogP contribution in [0.3, 0.4) is 0 Å². The second-order valence-electron chi connectivity index (χ2n) is 8.70. The Bertz CT molecular complexity index is 1400. The van der Waals surface area contributed by atoms with Gasteiger partial charge in [-0.3, -0.25) is 4.79 Å². The van der Waals surface area contributed by atoms with E-state index in [1.165, 1.54) is 4.90 Å². The van der Waals surface area contributed by atoms with Crippen LogP contribution in [-0.4, -0.2) is 44.1 Å². The molecule has 1 saturated heterocycles. The van der Waals surface area contributed by atoms with Gasteiger partial charge in [0.1, 0.15) is 6.04 Å². The van der Waals surface area contributed by atoms with Crippen molar-refractivity contribution in [1.82, 2.24) is 4.90 Å². The van der Waals surface area contributed by atoms with Crippen molar-refractivity contribution >= 4 is 56.4 Å². The van der Waals surface area contributed by atoms with Crippen molar-refractivity contribution in [3.8, 4) is 11.1 Å². The number of carbonyl (C=O) groups excluding carboxylic acids is 2. The third kappa shape index (κ3) is 5.67. The normalized spacial score (nSPS) is 15.6. The van der Waals surface area contributed by atoms with Gasteiger partial charge in [-0.25, -0.2) is 13.2 Å². The Labute approximate surface area is 220 Å². The summed E-state index contributed by atoms with van der Waals surface area (Å²) in [6, 6.07) is 15.8. The van der Waals surface area contributed by atoms with Gasteiger partial charge in [-0.05, 0) is 73.4 Å². The first-order chi connectivity index (χ1) is 17.0. The summed E-state index contributed by atoms with van der Waals surface area (Å²) in [6.07, 6.45) is 2.38. The summed E-state index contributed by atoms with van der Waals surface area (Å²) in [4.78, 5) is 27.7. The van der Waals surface area contributed by atoms with Gasteiger partial charge < -0.3 is 15.5 Å². The van der Waals surface area contributed by atoms with Gasteiger partial charge in [0, 0.05) is 29.1 Å². The largest absolute Gasteiger partial charge is 0.323 e. The number of anilines is 2. The molecule has 2 N–H and O–H groups in total. The number of hydrogen-bond acceptors (Lipinski definition) is 4. The number of halogens is 2. The van der Waals surface area contributed by atoms with Crippen LogP contribution in [0.4, 0.5) is 16.2 Å². The lowest BCUT2D eigenvalue weighted by molar-refractivity contribution is -0.119. The number of benzene rings is 3. The molecule has 1 fully saturated rings. The molecular formula is C26H25Cl2N3O4S. The average Bonchev–Trinajstić information content (AvgIpc) is 3.32. The summed E-state index contributed by atoms with van der Waals surface area (Å²) in [7, 11) is -3.45. The number of nitrogens with one attached hydrogen (secondary N) is 2. The van der Waals surface area contributed by atoms with Crippen LogP contribution < -0.4 is 10.6 Å². The van der Waals surface area contributed by atoms with Crippen LogP contribution in [-0.2, 0) is 14.6 Å². The molecule has 3 aromatic rings. The predicted octanol–water partition coefficient (Wildman–Crippen LogP) is 6.01. The molecule has 36 heavy (non-hydrogen) atoms. The first kappa shape index (κ1) is 26.0. The quantitative estimate of drug-likeness (QED) is 0.410. The summed E-state index contributed by atoms with van der Waals surface area (Å²) in [5, 5.41) is 6.51.